The first-order valence-corrected chi connectivity index (χ1v) is 12.4. The van der Waals surface area contributed by atoms with Crippen molar-refractivity contribution in [3.8, 4) is 11.1 Å². The molecule has 2 nitrogen and oxygen atoms in total. The van der Waals surface area contributed by atoms with Crippen molar-refractivity contribution in [2.45, 2.75) is 40.0 Å². The lowest BCUT2D eigenvalue weighted by molar-refractivity contribution is 0.463. The summed E-state index contributed by atoms with van der Waals surface area (Å²) in [4.78, 5) is 3.44. The van der Waals surface area contributed by atoms with Gasteiger partial charge in [0.05, 0.1) is 10.6 Å². The first kappa shape index (κ1) is 25.8. The molecule has 2 rings (SSSR count). The molecule has 1 heterocycles. The minimum absolute atomic E-state index is 0.688. The van der Waals surface area contributed by atoms with E-state index in [1.807, 2.05) is 25.2 Å². The summed E-state index contributed by atoms with van der Waals surface area (Å²) < 4.78 is 0. The number of hydrogen-bond acceptors (Lipinski definition) is 3. The zero-order valence-electron chi connectivity index (χ0n) is 19.7. The molecule has 1 aromatic carbocycles. The van der Waals surface area contributed by atoms with Crippen LogP contribution in [0.2, 0.25) is 0 Å². The molecule has 0 aliphatic heterocycles. The first-order valence-electron chi connectivity index (χ1n) is 11.2. The van der Waals surface area contributed by atoms with E-state index in [4.69, 9.17) is 11.6 Å². The molecule has 0 amide bonds. The van der Waals surface area contributed by atoms with E-state index in [2.05, 4.69) is 86.1 Å². The van der Waals surface area contributed by atoms with Crippen LogP contribution in [0.4, 0.5) is 0 Å². The Bertz CT molecular complexity index is 993. The Balaban J connectivity index is 2.24. The Morgan fingerprint density at radius 2 is 1.84 bits per heavy atom. The van der Waals surface area contributed by atoms with Gasteiger partial charge in [-0.3, -0.25) is 0 Å². The van der Waals surface area contributed by atoms with E-state index in [9.17, 15) is 0 Å². The van der Waals surface area contributed by atoms with E-state index in [0.717, 1.165) is 35.6 Å². The van der Waals surface area contributed by atoms with Gasteiger partial charge in [-0.2, -0.15) is 0 Å². The highest BCUT2D eigenvalue weighted by molar-refractivity contribution is 7.11. The average molecular weight is 467 g/mol. The summed E-state index contributed by atoms with van der Waals surface area (Å²) >= 11 is 7.80. The Hall–Kier alpha value is -2.49. The zero-order chi connectivity index (χ0) is 23.5. The molecule has 0 saturated heterocycles. The lowest BCUT2D eigenvalue weighted by atomic mass is 10.0. The summed E-state index contributed by atoms with van der Waals surface area (Å²) in [5.74, 6) is 0. The second-order valence-electron chi connectivity index (χ2n) is 7.65. The number of halogens is 1. The third-order valence-electron chi connectivity index (χ3n) is 5.17. The summed E-state index contributed by atoms with van der Waals surface area (Å²) in [5, 5.41) is 6.28. The van der Waals surface area contributed by atoms with E-state index in [-0.39, 0.29) is 0 Å². The third kappa shape index (κ3) is 7.29. The summed E-state index contributed by atoms with van der Waals surface area (Å²) in [5.41, 5.74) is 6.48. The van der Waals surface area contributed by atoms with Crippen LogP contribution in [0.3, 0.4) is 0 Å². The van der Waals surface area contributed by atoms with Gasteiger partial charge in [-0.15, -0.1) is 11.3 Å². The monoisotopic (exact) mass is 466 g/mol. The molecule has 0 aliphatic carbocycles. The lowest BCUT2D eigenvalue weighted by Crippen LogP contribution is -2.17. The van der Waals surface area contributed by atoms with Crippen molar-refractivity contribution >= 4 is 34.3 Å². The van der Waals surface area contributed by atoms with Gasteiger partial charge >= 0.3 is 0 Å². The predicted molar refractivity (Wildman–Crippen MR) is 146 cm³/mol. The Morgan fingerprint density at radius 1 is 1.12 bits per heavy atom. The molecule has 0 fully saturated rings. The number of thiophene rings is 1. The third-order valence-corrected chi connectivity index (χ3v) is 6.46. The molecule has 0 spiro atoms. The zero-order valence-corrected chi connectivity index (χ0v) is 21.3. The lowest BCUT2D eigenvalue weighted by Gasteiger charge is -2.22. The van der Waals surface area contributed by atoms with Gasteiger partial charge in [0.15, 0.2) is 0 Å². The molecule has 1 aromatic heterocycles. The second kappa shape index (κ2) is 13.1. The van der Waals surface area contributed by atoms with Crippen LogP contribution in [-0.4, -0.2) is 18.5 Å². The van der Waals surface area contributed by atoms with Gasteiger partial charge in [-0.05, 0) is 54.5 Å². The van der Waals surface area contributed by atoms with E-state index in [0.29, 0.717) is 5.03 Å². The van der Waals surface area contributed by atoms with Crippen LogP contribution >= 0.6 is 22.9 Å². The Kier molecular flexibility index (Phi) is 10.6. The maximum atomic E-state index is 6.07. The topological polar surface area (TPSA) is 15.3 Å². The Labute approximate surface area is 203 Å². The van der Waals surface area contributed by atoms with E-state index in [1.54, 1.807) is 11.3 Å². The normalized spacial score (nSPS) is 12.3. The van der Waals surface area contributed by atoms with Crippen LogP contribution in [0.5, 0.6) is 0 Å². The van der Waals surface area contributed by atoms with Gasteiger partial charge in [0.25, 0.3) is 0 Å². The quantitative estimate of drug-likeness (QED) is 0.314. The van der Waals surface area contributed by atoms with Gasteiger partial charge in [-0.25, -0.2) is 0 Å². The highest BCUT2D eigenvalue weighted by Gasteiger charge is 2.13. The van der Waals surface area contributed by atoms with Crippen molar-refractivity contribution in [1.29, 1.82) is 0 Å². The summed E-state index contributed by atoms with van der Waals surface area (Å²) in [6, 6.07) is 10.9. The number of nitrogens with zero attached hydrogens (tertiary/aromatic N) is 1. The predicted octanol–water partition coefficient (Wildman–Crippen LogP) is 8.67. The molecule has 0 saturated carbocycles. The maximum Gasteiger partial charge on any atom is 0.0580 e. The number of benzene rings is 1. The average Bonchev–Trinajstić information content (AvgIpc) is 3.30. The molecule has 2 aromatic rings. The summed E-state index contributed by atoms with van der Waals surface area (Å²) in [7, 11) is 2.11. The molecule has 170 valence electrons. The second-order valence-corrected chi connectivity index (χ2v) is 9.00. The molecule has 1 N–H and O–H groups in total. The minimum Gasteiger partial charge on any atom is -0.375 e. The fraction of sp³-hybridized carbons (Fsp3) is 0.286. The van der Waals surface area contributed by atoms with E-state index < -0.39 is 0 Å². The molecule has 0 aliphatic rings. The standard InChI is InChI=1S/C28H35ClN2S/c1-7-10-19-31(6)22(5)23-13-15-24(16-14-23)26-18-20-32-28(26)27(11-8-2)30-21(4)12-17-25(29)9-3/h9,11-18,20,30H,4-5,7-8,10,19H2,1-3,6H3/b17-12-,25-9+,27-11?. The highest BCUT2D eigenvalue weighted by atomic mass is 35.5. The van der Waals surface area contributed by atoms with Gasteiger partial charge in [0.2, 0.25) is 0 Å². The van der Waals surface area contributed by atoms with Gasteiger partial charge in [0.1, 0.15) is 0 Å². The van der Waals surface area contributed by atoms with Crippen molar-refractivity contribution < 1.29 is 0 Å². The molecular formula is C28H35ClN2S. The molecule has 0 atom stereocenters. The maximum absolute atomic E-state index is 6.07. The summed E-state index contributed by atoms with van der Waals surface area (Å²) in [6.07, 6.45) is 11.1. The first-order chi connectivity index (χ1) is 15.4. The SMILES string of the molecule is C=C(/C=C\C(Cl)=C/C)NC(=CCC)c1sccc1-c1ccc(C(=C)N(C)CCCC)cc1. The minimum atomic E-state index is 0.688. The van der Waals surface area contributed by atoms with Crippen molar-refractivity contribution in [1.82, 2.24) is 10.2 Å². The van der Waals surface area contributed by atoms with E-state index in [1.165, 1.54) is 28.8 Å². The molecule has 0 bridgehead atoms. The van der Waals surface area contributed by atoms with Crippen molar-refractivity contribution in [2.24, 2.45) is 0 Å². The van der Waals surface area contributed by atoms with E-state index >= 15 is 0 Å². The largest absolute Gasteiger partial charge is 0.375 e. The fourth-order valence-corrected chi connectivity index (χ4v) is 4.21. The molecule has 4 heteroatoms. The fourth-order valence-electron chi connectivity index (χ4n) is 3.23. The highest BCUT2D eigenvalue weighted by Crippen LogP contribution is 2.34. The van der Waals surface area contributed by atoms with Gasteiger partial charge < -0.3 is 10.2 Å². The van der Waals surface area contributed by atoms with Gasteiger partial charge in [-0.1, -0.05) is 81.4 Å². The van der Waals surface area contributed by atoms with Gasteiger partial charge in [0, 0.05) is 35.6 Å². The molecule has 32 heavy (non-hydrogen) atoms. The van der Waals surface area contributed by atoms with Crippen LogP contribution in [0.15, 0.2) is 83.9 Å². The van der Waals surface area contributed by atoms with Crippen LogP contribution in [0.25, 0.3) is 22.5 Å². The van der Waals surface area contributed by atoms with Crippen LogP contribution in [0, 0.1) is 0 Å². The van der Waals surface area contributed by atoms with Crippen LogP contribution < -0.4 is 5.32 Å². The number of nitrogens with one attached hydrogen (secondary N) is 1. The molecular weight excluding hydrogens is 432 g/mol. The number of rotatable bonds is 12. The van der Waals surface area contributed by atoms with Crippen molar-refractivity contribution in [2.75, 3.05) is 13.6 Å². The molecule has 0 unspecified atom stereocenters. The molecule has 0 radical (unpaired) electrons. The van der Waals surface area contributed by atoms with Crippen molar-refractivity contribution in [3.05, 3.63) is 94.3 Å². The van der Waals surface area contributed by atoms with Crippen LogP contribution in [0.1, 0.15) is 50.5 Å². The number of hydrogen-bond donors (Lipinski definition) is 1. The number of allylic oxidation sites excluding steroid dienone is 5. The smallest absolute Gasteiger partial charge is 0.0580 e. The summed E-state index contributed by atoms with van der Waals surface area (Å²) in [6.45, 7) is 15.7. The van der Waals surface area contributed by atoms with Crippen molar-refractivity contribution in [3.63, 3.8) is 0 Å². The Morgan fingerprint density at radius 3 is 2.47 bits per heavy atom. The number of unbranched alkanes of at least 4 members (excludes halogenated alkanes) is 1. The van der Waals surface area contributed by atoms with Crippen LogP contribution in [-0.2, 0) is 0 Å².